The van der Waals surface area contributed by atoms with E-state index in [-0.39, 0.29) is 12.4 Å². The van der Waals surface area contributed by atoms with Gasteiger partial charge < -0.3 is 16.0 Å². The number of amides is 1. The first-order valence-electron chi connectivity index (χ1n) is 7.49. The molecule has 0 aliphatic rings. The molecule has 0 saturated heterocycles. The normalized spacial score (nSPS) is 10.9. The number of anilines is 1. The van der Waals surface area contributed by atoms with Gasteiger partial charge in [-0.05, 0) is 24.1 Å². The fourth-order valence-electron chi connectivity index (χ4n) is 2.06. The molecule has 1 amide bonds. The van der Waals surface area contributed by atoms with Crippen LogP contribution in [0.15, 0.2) is 18.2 Å². The van der Waals surface area contributed by atoms with Crippen LogP contribution in [0.3, 0.4) is 0 Å². The first-order valence-corrected chi connectivity index (χ1v) is 7.49. The summed E-state index contributed by atoms with van der Waals surface area (Å²) >= 11 is 0. The van der Waals surface area contributed by atoms with Crippen molar-refractivity contribution in [1.29, 1.82) is 0 Å². The minimum atomic E-state index is -0.448. The summed E-state index contributed by atoms with van der Waals surface area (Å²) in [5.41, 5.74) is 6.58. The van der Waals surface area contributed by atoms with Crippen LogP contribution in [-0.2, 0) is 11.3 Å². The number of hydrogen-bond acceptors (Lipinski definition) is 3. The zero-order valence-corrected chi connectivity index (χ0v) is 13.2. The van der Waals surface area contributed by atoms with Gasteiger partial charge in [0.1, 0.15) is 5.82 Å². The average molecular weight is 295 g/mol. The largest absolute Gasteiger partial charge is 0.368 e. The predicted molar refractivity (Wildman–Crippen MR) is 84.7 cm³/mol. The van der Waals surface area contributed by atoms with Gasteiger partial charge in [0.2, 0.25) is 5.91 Å². The smallest absolute Gasteiger partial charge is 0.236 e. The average Bonchev–Trinajstić information content (AvgIpc) is 2.41. The lowest BCUT2D eigenvalue weighted by Gasteiger charge is -2.24. The Labute approximate surface area is 126 Å². The Balaban J connectivity index is 2.85. The minimum Gasteiger partial charge on any atom is -0.368 e. The summed E-state index contributed by atoms with van der Waals surface area (Å²) < 4.78 is 14.3. The predicted octanol–water partition coefficient (Wildman–Crippen LogP) is 2.42. The maximum Gasteiger partial charge on any atom is 0.236 e. The summed E-state index contributed by atoms with van der Waals surface area (Å²) in [6.07, 6.45) is 1.87. The van der Waals surface area contributed by atoms with Crippen LogP contribution in [0.2, 0.25) is 0 Å². The third kappa shape index (κ3) is 6.12. The van der Waals surface area contributed by atoms with Crippen LogP contribution in [0.25, 0.3) is 0 Å². The van der Waals surface area contributed by atoms with Gasteiger partial charge in [0, 0.05) is 19.1 Å². The van der Waals surface area contributed by atoms with Gasteiger partial charge in [0.05, 0.1) is 12.2 Å². The molecule has 1 aromatic rings. The van der Waals surface area contributed by atoms with E-state index in [0.29, 0.717) is 24.8 Å². The molecule has 0 aliphatic carbocycles. The van der Waals surface area contributed by atoms with Gasteiger partial charge in [-0.3, -0.25) is 4.79 Å². The Morgan fingerprint density at radius 3 is 2.67 bits per heavy atom. The lowest BCUT2D eigenvalue weighted by molar-refractivity contribution is -0.116. The van der Waals surface area contributed by atoms with Crippen LogP contribution in [0.1, 0.15) is 39.2 Å². The molecule has 0 aliphatic heterocycles. The van der Waals surface area contributed by atoms with Crippen molar-refractivity contribution >= 4 is 11.6 Å². The van der Waals surface area contributed by atoms with Gasteiger partial charge in [-0.2, -0.15) is 0 Å². The fourth-order valence-corrected chi connectivity index (χ4v) is 2.06. The highest BCUT2D eigenvalue weighted by atomic mass is 19.1. The number of rotatable bonds is 9. The molecule has 0 saturated carbocycles. The van der Waals surface area contributed by atoms with E-state index in [2.05, 4.69) is 12.2 Å². The van der Waals surface area contributed by atoms with Gasteiger partial charge in [0.15, 0.2) is 0 Å². The second kappa shape index (κ2) is 8.62. The van der Waals surface area contributed by atoms with Crippen molar-refractivity contribution in [1.82, 2.24) is 5.32 Å². The van der Waals surface area contributed by atoms with Crippen LogP contribution >= 0.6 is 0 Å². The molecule has 0 aromatic heterocycles. The maximum atomic E-state index is 14.3. The quantitative estimate of drug-likeness (QED) is 0.735. The third-order valence-electron chi connectivity index (χ3n) is 3.20. The van der Waals surface area contributed by atoms with Crippen LogP contribution in [0, 0.1) is 5.82 Å². The Bertz CT molecular complexity index is 463. The molecule has 0 radical (unpaired) electrons. The molecule has 1 rings (SSSR count). The zero-order valence-electron chi connectivity index (χ0n) is 13.2. The second-order valence-electron chi connectivity index (χ2n) is 5.56. The molecular formula is C16H26FN3O. The van der Waals surface area contributed by atoms with Crippen molar-refractivity contribution in [2.24, 2.45) is 5.73 Å². The van der Waals surface area contributed by atoms with Crippen molar-refractivity contribution in [3.63, 3.8) is 0 Å². The lowest BCUT2D eigenvalue weighted by atomic mass is 10.1. The molecule has 118 valence electrons. The summed E-state index contributed by atoms with van der Waals surface area (Å²) in [6, 6.07) is 5.48. The molecule has 5 heteroatoms. The van der Waals surface area contributed by atoms with Crippen molar-refractivity contribution in [3.8, 4) is 0 Å². The molecule has 1 aromatic carbocycles. The van der Waals surface area contributed by atoms with E-state index in [1.165, 1.54) is 6.07 Å². The van der Waals surface area contributed by atoms with Crippen LogP contribution in [0.5, 0.6) is 0 Å². The molecule has 0 atom stereocenters. The number of carbonyl (C=O) groups excluding carboxylic acids is 1. The van der Waals surface area contributed by atoms with E-state index in [1.54, 1.807) is 11.0 Å². The fraction of sp³-hybridized carbons (Fsp3) is 0.562. The summed E-state index contributed by atoms with van der Waals surface area (Å²) in [6.45, 7) is 7.44. The number of halogens is 1. The number of carbonyl (C=O) groups is 1. The lowest BCUT2D eigenvalue weighted by Crippen LogP contribution is -2.35. The number of nitrogens with zero attached hydrogens (tertiary/aromatic N) is 1. The van der Waals surface area contributed by atoms with Gasteiger partial charge in [-0.15, -0.1) is 0 Å². The Hall–Kier alpha value is -1.62. The monoisotopic (exact) mass is 295 g/mol. The van der Waals surface area contributed by atoms with E-state index >= 15 is 0 Å². The molecule has 3 N–H and O–H groups in total. The highest BCUT2D eigenvalue weighted by molar-refractivity contribution is 5.79. The zero-order chi connectivity index (χ0) is 15.8. The second-order valence-corrected chi connectivity index (χ2v) is 5.56. The van der Waals surface area contributed by atoms with E-state index in [0.717, 1.165) is 18.4 Å². The van der Waals surface area contributed by atoms with E-state index in [4.69, 9.17) is 5.73 Å². The number of nitrogens with one attached hydrogen (secondary N) is 1. The van der Waals surface area contributed by atoms with E-state index < -0.39 is 5.91 Å². The molecule has 0 heterocycles. The molecular weight excluding hydrogens is 269 g/mol. The maximum absolute atomic E-state index is 14.3. The van der Waals surface area contributed by atoms with Crippen molar-refractivity contribution in [2.75, 3.05) is 18.0 Å². The highest BCUT2D eigenvalue weighted by Crippen LogP contribution is 2.21. The summed E-state index contributed by atoms with van der Waals surface area (Å²) in [5, 5.41) is 3.25. The molecule has 0 spiro atoms. The first-order chi connectivity index (χ1) is 9.93. The molecule has 0 fully saturated rings. The molecule has 0 unspecified atom stereocenters. The van der Waals surface area contributed by atoms with Crippen molar-refractivity contribution in [2.45, 2.75) is 46.2 Å². The Kier molecular flexibility index (Phi) is 7.15. The van der Waals surface area contributed by atoms with Gasteiger partial charge in [-0.25, -0.2) is 4.39 Å². The van der Waals surface area contributed by atoms with Crippen LogP contribution in [-0.4, -0.2) is 25.0 Å². The van der Waals surface area contributed by atoms with Crippen LogP contribution in [0.4, 0.5) is 10.1 Å². The highest BCUT2D eigenvalue weighted by Gasteiger charge is 2.14. The Morgan fingerprint density at radius 2 is 2.14 bits per heavy atom. The van der Waals surface area contributed by atoms with Gasteiger partial charge >= 0.3 is 0 Å². The number of hydrogen-bond donors (Lipinski definition) is 2. The number of benzene rings is 1. The number of nitrogens with two attached hydrogens (primary N) is 1. The van der Waals surface area contributed by atoms with Gasteiger partial charge in [0.25, 0.3) is 0 Å². The summed E-state index contributed by atoms with van der Waals surface area (Å²) in [7, 11) is 0. The summed E-state index contributed by atoms with van der Waals surface area (Å²) in [5.74, 6) is -0.758. The number of unbranched alkanes of at least 4 members (excludes halogenated alkanes) is 1. The molecule has 0 bridgehead atoms. The first kappa shape index (κ1) is 17.4. The van der Waals surface area contributed by atoms with Crippen LogP contribution < -0.4 is 16.0 Å². The van der Waals surface area contributed by atoms with E-state index in [9.17, 15) is 9.18 Å². The topological polar surface area (TPSA) is 58.4 Å². The third-order valence-corrected chi connectivity index (χ3v) is 3.20. The molecule has 4 nitrogen and oxygen atoms in total. The standard InChI is InChI=1S/C16H26FN3O/c1-4-5-8-20(11-16(18)21)15-7-6-13(9-14(15)17)10-19-12(2)3/h6-7,9,12,19H,4-5,8,10-11H2,1-3H3,(H2,18,21). The van der Waals surface area contributed by atoms with E-state index in [1.807, 2.05) is 19.9 Å². The number of primary amides is 1. The SMILES string of the molecule is CCCCN(CC(N)=O)c1ccc(CNC(C)C)cc1F. The Morgan fingerprint density at radius 1 is 1.43 bits per heavy atom. The summed E-state index contributed by atoms with van der Waals surface area (Å²) in [4.78, 5) is 12.9. The van der Waals surface area contributed by atoms with Crippen molar-refractivity contribution < 1.29 is 9.18 Å². The van der Waals surface area contributed by atoms with Crippen molar-refractivity contribution in [3.05, 3.63) is 29.6 Å². The minimum absolute atomic E-state index is 0.0422. The molecule has 21 heavy (non-hydrogen) atoms. The van der Waals surface area contributed by atoms with Gasteiger partial charge in [-0.1, -0.05) is 33.3 Å².